The van der Waals surface area contributed by atoms with Crippen LogP contribution in [0.4, 0.5) is 0 Å². The van der Waals surface area contributed by atoms with Gasteiger partial charge in [0.25, 0.3) is 0 Å². The Kier molecular flexibility index (Phi) is 7.96. The molecule has 0 fully saturated rings. The lowest BCUT2D eigenvalue weighted by molar-refractivity contribution is -0.122. The fourth-order valence-electron chi connectivity index (χ4n) is 2.37. The number of benzene rings is 2. The lowest BCUT2D eigenvalue weighted by Crippen LogP contribution is -2.35. The predicted octanol–water partition coefficient (Wildman–Crippen LogP) is 2.76. The highest BCUT2D eigenvalue weighted by Gasteiger charge is 2.05. The molecular formula is C20H23ClN2O3. The highest BCUT2D eigenvalue weighted by molar-refractivity contribution is 6.30. The molecule has 2 rings (SSSR count). The summed E-state index contributed by atoms with van der Waals surface area (Å²) in [6, 6.07) is 14.6. The molecule has 0 aliphatic heterocycles. The van der Waals surface area contributed by atoms with Gasteiger partial charge >= 0.3 is 0 Å². The van der Waals surface area contributed by atoms with Gasteiger partial charge in [-0.25, -0.2) is 0 Å². The van der Waals surface area contributed by atoms with Gasteiger partial charge in [0.15, 0.2) is 0 Å². The summed E-state index contributed by atoms with van der Waals surface area (Å²) in [5.41, 5.74) is 1.81. The average Bonchev–Trinajstić information content (AvgIpc) is 2.63. The Bertz CT molecular complexity index is 715. The standard InChI is InChI=1S/C20H23ClN2O3/c1-2-26-18-9-5-16(6-10-18)14-20(25)23-12-11-22-19(24)13-15-3-7-17(21)8-4-15/h3-10H,2,11-14H2,1H3,(H,22,24)(H,23,25). The summed E-state index contributed by atoms with van der Waals surface area (Å²) in [5, 5.41) is 6.22. The van der Waals surface area contributed by atoms with E-state index in [4.69, 9.17) is 16.3 Å². The Labute approximate surface area is 158 Å². The molecule has 5 nitrogen and oxygen atoms in total. The van der Waals surface area contributed by atoms with E-state index in [1.807, 2.05) is 43.3 Å². The number of hydrogen-bond acceptors (Lipinski definition) is 3. The zero-order chi connectivity index (χ0) is 18.8. The summed E-state index contributed by atoms with van der Waals surface area (Å²) in [6.07, 6.45) is 0.586. The molecule has 0 bridgehead atoms. The molecule has 0 spiro atoms. The smallest absolute Gasteiger partial charge is 0.224 e. The van der Waals surface area contributed by atoms with Gasteiger partial charge in [0.2, 0.25) is 11.8 Å². The molecule has 2 amide bonds. The van der Waals surface area contributed by atoms with Crippen LogP contribution >= 0.6 is 11.6 Å². The van der Waals surface area contributed by atoms with Gasteiger partial charge in [0, 0.05) is 18.1 Å². The zero-order valence-corrected chi connectivity index (χ0v) is 15.5. The van der Waals surface area contributed by atoms with E-state index in [1.165, 1.54) is 0 Å². The first-order chi connectivity index (χ1) is 12.6. The molecule has 0 aromatic heterocycles. The summed E-state index contributed by atoms with van der Waals surface area (Å²) >= 11 is 5.81. The van der Waals surface area contributed by atoms with Crippen LogP contribution in [0, 0.1) is 0 Å². The molecule has 0 saturated carbocycles. The van der Waals surface area contributed by atoms with E-state index in [0.29, 0.717) is 31.1 Å². The van der Waals surface area contributed by atoms with Gasteiger partial charge in [0.05, 0.1) is 19.4 Å². The Morgan fingerprint density at radius 1 is 0.846 bits per heavy atom. The first kappa shape index (κ1) is 19.8. The van der Waals surface area contributed by atoms with Crippen LogP contribution < -0.4 is 15.4 Å². The van der Waals surface area contributed by atoms with Crippen LogP contribution in [0.2, 0.25) is 5.02 Å². The molecule has 0 saturated heterocycles. The third kappa shape index (κ3) is 7.15. The number of halogens is 1. The van der Waals surface area contributed by atoms with Crippen LogP contribution in [-0.4, -0.2) is 31.5 Å². The molecule has 138 valence electrons. The van der Waals surface area contributed by atoms with E-state index < -0.39 is 0 Å². The van der Waals surface area contributed by atoms with Crippen molar-refractivity contribution >= 4 is 23.4 Å². The predicted molar refractivity (Wildman–Crippen MR) is 102 cm³/mol. The van der Waals surface area contributed by atoms with Crippen molar-refractivity contribution in [2.24, 2.45) is 0 Å². The van der Waals surface area contributed by atoms with Gasteiger partial charge in [-0.05, 0) is 42.3 Å². The lowest BCUT2D eigenvalue weighted by atomic mass is 10.1. The van der Waals surface area contributed by atoms with E-state index in [2.05, 4.69) is 10.6 Å². The molecule has 0 aliphatic rings. The van der Waals surface area contributed by atoms with Crippen LogP contribution in [0.5, 0.6) is 5.75 Å². The van der Waals surface area contributed by atoms with Gasteiger partial charge in [-0.1, -0.05) is 35.9 Å². The molecule has 0 atom stereocenters. The molecule has 2 aromatic carbocycles. The Morgan fingerprint density at radius 3 is 1.77 bits per heavy atom. The maximum atomic E-state index is 11.9. The normalized spacial score (nSPS) is 10.2. The summed E-state index contributed by atoms with van der Waals surface area (Å²) in [4.78, 5) is 23.8. The summed E-state index contributed by atoms with van der Waals surface area (Å²) < 4.78 is 5.37. The highest BCUT2D eigenvalue weighted by atomic mass is 35.5. The Balaban J connectivity index is 1.63. The molecule has 0 aliphatic carbocycles. The minimum atomic E-state index is -0.0897. The van der Waals surface area contributed by atoms with Gasteiger partial charge in [-0.2, -0.15) is 0 Å². The molecule has 0 heterocycles. The number of nitrogens with one attached hydrogen (secondary N) is 2. The molecule has 2 aromatic rings. The average molecular weight is 375 g/mol. The van der Waals surface area contributed by atoms with E-state index >= 15 is 0 Å². The first-order valence-electron chi connectivity index (χ1n) is 8.56. The van der Waals surface area contributed by atoms with E-state index in [1.54, 1.807) is 12.1 Å². The van der Waals surface area contributed by atoms with Crippen molar-refractivity contribution in [3.63, 3.8) is 0 Å². The second-order valence-electron chi connectivity index (χ2n) is 5.76. The molecule has 0 unspecified atom stereocenters. The third-order valence-corrected chi connectivity index (χ3v) is 3.90. The second kappa shape index (κ2) is 10.5. The fourth-order valence-corrected chi connectivity index (χ4v) is 2.50. The largest absolute Gasteiger partial charge is 0.494 e. The third-order valence-electron chi connectivity index (χ3n) is 3.65. The maximum Gasteiger partial charge on any atom is 0.224 e. The summed E-state index contributed by atoms with van der Waals surface area (Å²) in [5.74, 6) is 0.620. The van der Waals surface area contributed by atoms with Crippen molar-refractivity contribution in [1.82, 2.24) is 10.6 Å². The number of carbonyl (C=O) groups excluding carboxylic acids is 2. The van der Waals surface area contributed by atoms with Crippen molar-refractivity contribution in [3.8, 4) is 5.75 Å². The van der Waals surface area contributed by atoms with E-state index in [9.17, 15) is 9.59 Å². The molecule has 6 heteroatoms. The number of rotatable bonds is 9. The number of hydrogen-bond donors (Lipinski definition) is 2. The van der Waals surface area contributed by atoms with Gasteiger partial charge in [0.1, 0.15) is 5.75 Å². The zero-order valence-electron chi connectivity index (χ0n) is 14.8. The fraction of sp³-hybridized carbons (Fsp3) is 0.300. The second-order valence-corrected chi connectivity index (χ2v) is 6.19. The topological polar surface area (TPSA) is 67.4 Å². The minimum Gasteiger partial charge on any atom is -0.494 e. The number of carbonyl (C=O) groups is 2. The molecule has 2 N–H and O–H groups in total. The molecule has 26 heavy (non-hydrogen) atoms. The van der Waals surface area contributed by atoms with Crippen LogP contribution in [0.15, 0.2) is 48.5 Å². The number of ether oxygens (including phenoxy) is 1. The van der Waals surface area contributed by atoms with Crippen LogP contribution in [-0.2, 0) is 22.4 Å². The van der Waals surface area contributed by atoms with Gasteiger partial charge in [-0.15, -0.1) is 0 Å². The molecule has 0 radical (unpaired) electrons. The summed E-state index contributed by atoms with van der Waals surface area (Å²) in [7, 11) is 0. The van der Waals surface area contributed by atoms with Crippen molar-refractivity contribution in [2.75, 3.05) is 19.7 Å². The van der Waals surface area contributed by atoms with Crippen molar-refractivity contribution in [3.05, 3.63) is 64.7 Å². The Morgan fingerprint density at radius 2 is 1.31 bits per heavy atom. The highest BCUT2D eigenvalue weighted by Crippen LogP contribution is 2.12. The lowest BCUT2D eigenvalue weighted by Gasteiger charge is -2.08. The Hall–Kier alpha value is -2.53. The van der Waals surface area contributed by atoms with Crippen LogP contribution in [0.3, 0.4) is 0 Å². The van der Waals surface area contributed by atoms with Crippen molar-refractivity contribution in [2.45, 2.75) is 19.8 Å². The van der Waals surface area contributed by atoms with Crippen LogP contribution in [0.1, 0.15) is 18.1 Å². The van der Waals surface area contributed by atoms with E-state index in [0.717, 1.165) is 16.9 Å². The van der Waals surface area contributed by atoms with Gasteiger partial charge in [-0.3, -0.25) is 9.59 Å². The van der Waals surface area contributed by atoms with Crippen LogP contribution in [0.25, 0.3) is 0 Å². The monoisotopic (exact) mass is 374 g/mol. The maximum absolute atomic E-state index is 11.9. The first-order valence-corrected chi connectivity index (χ1v) is 8.94. The van der Waals surface area contributed by atoms with E-state index in [-0.39, 0.29) is 18.2 Å². The quantitative estimate of drug-likeness (QED) is 0.663. The van der Waals surface area contributed by atoms with Crippen molar-refractivity contribution < 1.29 is 14.3 Å². The van der Waals surface area contributed by atoms with Crippen molar-refractivity contribution in [1.29, 1.82) is 0 Å². The summed E-state index contributed by atoms with van der Waals surface area (Å²) in [6.45, 7) is 3.32. The SMILES string of the molecule is CCOc1ccc(CC(=O)NCCNC(=O)Cc2ccc(Cl)cc2)cc1. The minimum absolute atomic E-state index is 0.0823. The molecular weight excluding hydrogens is 352 g/mol. The number of amides is 2. The van der Waals surface area contributed by atoms with Gasteiger partial charge < -0.3 is 15.4 Å².